The number of carbonyl (C=O) groups excluding carboxylic acids is 2. The molecular formula is C17H24N2O2. The van der Waals surface area contributed by atoms with Gasteiger partial charge in [0.2, 0.25) is 11.8 Å². The Balaban J connectivity index is 2.21. The Kier molecular flexibility index (Phi) is 4.78. The third-order valence-corrected chi connectivity index (χ3v) is 4.17. The normalized spacial score (nSPS) is 18.2. The minimum atomic E-state index is -0.0516. The first kappa shape index (κ1) is 15.7. The maximum Gasteiger partial charge on any atom is 0.229 e. The molecule has 1 unspecified atom stereocenters. The van der Waals surface area contributed by atoms with Gasteiger partial charge in [-0.25, -0.2) is 0 Å². The minimum absolute atomic E-state index is 0.0220. The Labute approximate surface area is 126 Å². The molecule has 0 saturated carbocycles. The van der Waals surface area contributed by atoms with E-state index in [-0.39, 0.29) is 23.8 Å². The molecule has 1 aromatic rings. The van der Waals surface area contributed by atoms with E-state index in [4.69, 9.17) is 0 Å². The van der Waals surface area contributed by atoms with E-state index in [1.165, 1.54) is 16.0 Å². The molecule has 114 valence electrons. The molecule has 2 rings (SSSR count). The number of piperidine rings is 1. The summed E-state index contributed by atoms with van der Waals surface area (Å²) in [7, 11) is 1.87. The topological polar surface area (TPSA) is 49.4 Å². The molecule has 1 saturated heterocycles. The van der Waals surface area contributed by atoms with Crippen LogP contribution in [-0.4, -0.2) is 30.3 Å². The van der Waals surface area contributed by atoms with Gasteiger partial charge in [-0.2, -0.15) is 0 Å². The van der Waals surface area contributed by atoms with Crippen molar-refractivity contribution in [2.24, 2.45) is 5.92 Å². The standard InChI is InChI=1S/C17H24N2O2/c1-11-5-6-13(3)14(7-11)15(18-4)10-19-16(20)8-12(2)9-17(19)21/h5-7,12,15,18H,8-10H2,1-4H3. The van der Waals surface area contributed by atoms with Crippen molar-refractivity contribution < 1.29 is 9.59 Å². The molecule has 1 fully saturated rings. The summed E-state index contributed by atoms with van der Waals surface area (Å²) >= 11 is 0. The summed E-state index contributed by atoms with van der Waals surface area (Å²) in [5, 5.41) is 3.24. The van der Waals surface area contributed by atoms with Crippen LogP contribution in [0.1, 0.15) is 42.5 Å². The van der Waals surface area contributed by atoms with Crippen molar-refractivity contribution in [1.29, 1.82) is 0 Å². The molecule has 4 heteroatoms. The summed E-state index contributed by atoms with van der Waals surface area (Å²) < 4.78 is 0. The van der Waals surface area contributed by atoms with Crippen LogP contribution < -0.4 is 5.32 Å². The number of rotatable bonds is 4. The number of hydrogen-bond acceptors (Lipinski definition) is 3. The molecule has 4 nitrogen and oxygen atoms in total. The molecule has 0 radical (unpaired) electrons. The van der Waals surface area contributed by atoms with Crippen molar-refractivity contribution in [1.82, 2.24) is 10.2 Å². The van der Waals surface area contributed by atoms with Gasteiger partial charge in [-0.3, -0.25) is 14.5 Å². The number of nitrogens with zero attached hydrogens (tertiary/aromatic N) is 1. The zero-order valence-corrected chi connectivity index (χ0v) is 13.3. The summed E-state index contributed by atoms with van der Waals surface area (Å²) in [4.78, 5) is 25.7. The monoisotopic (exact) mass is 288 g/mol. The van der Waals surface area contributed by atoms with Crippen LogP contribution in [0.3, 0.4) is 0 Å². The SMILES string of the molecule is CNC(CN1C(=O)CC(C)CC1=O)c1cc(C)ccc1C. The number of carbonyl (C=O) groups is 2. The van der Waals surface area contributed by atoms with Crippen LogP contribution in [0.2, 0.25) is 0 Å². The fraction of sp³-hybridized carbons (Fsp3) is 0.529. The van der Waals surface area contributed by atoms with E-state index in [0.717, 1.165) is 5.56 Å². The highest BCUT2D eigenvalue weighted by Gasteiger charge is 2.32. The first-order valence-corrected chi connectivity index (χ1v) is 7.50. The molecule has 1 aromatic carbocycles. The predicted molar refractivity (Wildman–Crippen MR) is 82.8 cm³/mol. The largest absolute Gasteiger partial charge is 0.312 e. The molecular weight excluding hydrogens is 264 g/mol. The van der Waals surface area contributed by atoms with Crippen LogP contribution in [0.4, 0.5) is 0 Å². The third kappa shape index (κ3) is 3.50. The highest BCUT2D eigenvalue weighted by molar-refractivity contribution is 5.97. The summed E-state index contributed by atoms with van der Waals surface area (Å²) in [6, 6.07) is 6.26. The maximum absolute atomic E-state index is 12.1. The lowest BCUT2D eigenvalue weighted by Gasteiger charge is -2.32. The van der Waals surface area contributed by atoms with E-state index in [2.05, 4.69) is 37.4 Å². The molecule has 1 atom stereocenters. The van der Waals surface area contributed by atoms with Gasteiger partial charge < -0.3 is 5.32 Å². The number of imide groups is 1. The number of likely N-dealkylation sites (tertiary alicyclic amines) is 1. The minimum Gasteiger partial charge on any atom is -0.312 e. The summed E-state index contributed by atoms with van der Waals surface area (Å²) in [6.07, 6.45) is 0.934. The van der Waals surface area contributed by atoms with Gasteiger partial charge in [0.25, 0.3) is 0 Å². The van der Waals surface area contributed by atoms with Crippen molar-refractivity contribution in [2.45, 2.75) is 39.7 Å². The Hall–Kier alpha value is -1.68. The molecule has 1 N–H and O–H groups in total. The Bertz CT molecular complexity index is 536. The van der Waals surface area contributed by atoms with Gasteiger partial charge in [0, 0.05) is 19.4 Å². The van der Waals surface area contributed by atoms with Crippen LogP contribution in [-0.2, 0) is 9.59 Å². The average molecular weight is 288 g/mol. The fourth-order valence-electron chi connectivity index (χ4n) is 2.89. The van der Waals surface area contributed by atoms with E-state index in [0.29, 0.717) is 19.4 Å². The predicted octanol–water partition coefficient (Wildman–Crippen LogP) is 2.35. The number of benzene rings is 1. The van der Waals surface area contributed by atoms with Crippen LogP contribution in [0.25, 0.3) is 0 Å². The second-order valence-corrected chi connectivity index (χ2v) is 6.11. The number of hydrogen-bond donors (Lipinski definition) is 1. The van der Waals surface area contributed by atoms with Gasteiger partial charge in [0.1, 0.15) is 0 Å². The van der Waals surface area contributed by atoms with Gasteiger partial charge in [0.05, 0.1) is 6.04 Å². The highest BCUT2D eigenvalue weighted by atomic mass is 16.2. The average Bonchev–Trinajstić information content (AvgIpc) is 2.41. The first-order chi connectivity index (χ1) is 9.92. The van der Waals surface area contributed by atoms with Crippen LogP contribution in [0, 0.1) is 19.8 Å². The lowest BCUT2D eigenvalue weighted by atomic mass is 9.95. The second kappa shape index (κ2) is 6.39. The first-order valence-electron chi connectivity index (χ1n) is 7.50. The Morgan fingerprint density at radius 2 is 1.86 bits per heavy atom. The smallest absolute Gasteiger partial charge is 0.229 e. The quantitative estimate of drug-likeness (QED) is 0.865. The van der Waals surface area contributed by atoms with Gasteiger partial charge in [-0.15, -0.1) is 0 Å². The van der Waals surface area contributed by atoms with E-state index in [1.54, 1.807) is 0 Å². The Morgan fingerprint density at radius 1 is 1.24 bits per heavy atom. The molecule has 1 aliphatic rings. The molecule has 2 amide bonds. The molecule has 0 aliphatic carbocycles. The Morgan fingerprint density at radius 3 is 2.43 bits per heavy atom. The summed E-state index contributed by atoms with van der Waals surface area (Å²) in [5.74, 6) is 0.0589. The van der Waals surface area contributed by atoms with Crippen molar-refractivity contribution >= 4 is 11.8 Å². The second-order valence-electron chi connectivity index (χ2n) is 6.11. The van der Waals surface area contributed by atoms with Crippen molar-refractivity contribution in [3.05, 3.63) is 34.9 Å². The summed E-state index contributed by atoms with van der Waals surface area (Å²) in [6.45, 7) is 6.47. The highest BCUT2D eigenvalue weighted by Crippen LogP contribution is 2.24. The molecule has 0 bridgehead atoms. The molecule has 0 spiro atoms. The van der Waals surface area contributed by atoms with Gasteiger partial charge >= 0.3 is 0 Å². The van der Waals surface area contributed by atoms with Gasteiger partial charge in [-0.05, 0) is 37.9 Å². The lowest BCUT2D eigenvalue weighted by Crippen LogP contribution is -2.46. The van der Waals surface area contributed by atoms with Crippen molar-refractivity contribution in [2.75, 3.05) is 13.6 Å². The van der Waals surface area contributed by atoms with Crippen LogP contribution >= 0.6 is 0 Å². The number of likely N-dealkylation sites (N-methyl/N-ethyl adjacent to an activating group) is 1. The maximum atomic E-state index is 12.1. The third-order valence-electron chi connectivity index (χ3n) is 4.17. The fourth-order valence-corrected chi connectivity index (χ4v) is 2.89. The molecule has 1 heterocycles. The van der Waals surface area contributed by atoms with Crippen LogP contribution in [0.5, 0.6) is 0 Å². The number of nitrogens with one attached hydrogen (secondary N) is 1. The van der Waals surface area contributed by atoms with Crippen LogP contribution in [0.15, 0.2) is 18.2 Å². The zero-order valence-electron chi connectivity index (χ0n) is 13.3. The number of amides is 2. The zero-order chi connectivity index (χ0) is 15.6. The molecule has 21 heavy (non-hydrogen) atoms. The van der Waals surface area contributed by atoms with E-state index in [1.807, 2.05) is 14.0 Å². The molecule has 0 aromatic heterocycles. The van der Waals surface area contributed by atoms with Crippen molar-refractivity contribution in [3.8, 4) is 0 Å². The van der Waals surface area contributed by atoms with E-state index in [9.17, 15) is 9.59 Å². The van der Waals surface area contributed by atoms with E-state index >= 15 is 0 Å². The van der Waals surface area contributed by atoms with E-state index < -0.39 is 0 Å². The summed E-state index contributed by atoms with van der Waals surface area (Å²) in [5.41, 5.74) is 3.50. The number of aryl methyl sites for hydroxylation is 2. The lowest BCUT2D eigenvalue weighted by molar-refractivity contribution is -0.150. The van der Waals surface area contributed by atoms with Crippen molar-refractivity contribution in [3.63, 3.8) is 0 Å². The molecule has 1 aliphatic heterocycles. The van der Waals surface area contributed by atoms with Gasteiger partial charge in [0.15, 0.2) is 0 Å². The van der Waals surface area contributed by atoms with Gasteiger partial charge in [-0.1, -0.05) is 30.7 Å².